The van der Waals surface area contributed by atoms with Gasteiger partial charge in [-0.25, -0.2) is 9.18 Å². The molecule has 0 bridgehead atoms. The molecular weight excluding hydrogens is 539 g/mol. The quantitative estimate of drug-likeness (QED) is 0.155. The van der Waals surface area contributed by atoms with Gasteiger partial charge in [-0.2, -0.15) is 0 Å². The average molecular weight is 567 g/mol. The standard InChI is InChI=1S/C29H28ClFN4O5/c1-2-39-27(37)17-40-21-8-10-25(23(15-21)26(36)14-20-7-6-19(30)16-33-20)34-29(38)22-9-5-18(13-24(22)31)28(32)35-11-3-4-12-35/h5-10,13,15-16,32H,2-4,11-12,14,17H2,1H3,(H,34,38). The number of benzene rings is 2. The summed E-state index contributed by atoms with van der Waals surface area (Å²) in [6, 6.07) is 11.5. The van der Waals surface area contributed by atoms with E-state index in [1.165, 1.54) is 42.6 Å². The van der Waals surface area contributed by atoms with Crippen LogP contribution in [0.4, 0.5) is 10.1 Å². The van der Waals surface area contributed by atoms with Gasteiger partial charge < -0.3 is 19.7 Å². The van der Waals surface area contributed by atoms with Gasteiger partial charge in [0.1, 0.15) is 17.4 Å². The first-order valence-electron chi connectivity index (χ1n) is 12.8. The van der Waals surface area contributed by atoms with Gasteiger partial charge in [-0.3, -0.25) is 20.0 Å². The minimum absolute atomic E-state index is 0.0827. The highest BCUT2D eigenvalue weighted by Gasteiger charge is 2.21. The molecule has 0 saturated carbocycles. The van der Waals surface area contributed by atoms with Crippen molar-refractivity contribution < 1.29 is 28.2 Å². The van der Waals surface area contributed by atoms with Crippen LogP contribution in [0, 0.1) is 11.2 Å². The lowest BCUT2D eigenvalue weighted by atomic mass is 10.0. The molecule has 9 nitrogen and oxygen atoms in total. The lowest BCUT2D eigenvalue weighted by Crippen LogP contribution is -2.28. The lowest BCUT2D eigenvalue weighted by molar-refractivity contribution is -0.145. The Hall–Kier alpha value is -4.31. The van der Waals surface area contributed by atoms with E-state index in [2.05, 4.69) is 10.3 Å². The Bertz CT molecular complexity index is 1420. The van der Waals surface area contributed by atoms with Crippen LogP contribution in [0.5, 0.6) is 5.75 Å². The second-order valence-corrected chi connectivity index (χ2v) is 9.50. The lowest BCUT2D eigenvalue weighted by Gasteiger charge is -2.19. The third kappa shape index (κ3) is 7.20. The molecule has 0 spiro atoms. The molecule has 0 aliphatic carbocycles. The maximum Gasteiger partial charge on any atom is 0.344 e. The number of anilines is 1. The summed E-state index contributed by atoms with van der Waals surface area (Å²) in [7, 11) is 0. The molecule has 2 N–H and O–H groups in total. The van der Waals surface area contributed by atoms with Gasteiger partial charge in [0.2, 0.25) is 0 Å². The van der Waals surface area contributed by atoms with E-state index >= 15 is 4.39 Å². The molecule has 1 aliphatic rings. The fourth-order valence-corrected chi connectivity index (χ4v) is 4.34. The Morgan fingerprint density at radius 2 is 1.85 bits per heavy atom. The van der Waals surface area contributed by atoms with Gasteiger partial charge >= 0.3 is 5.97 Å². The summed E-state index contributed by atoms with van der Waals surface area (Å²) >= 11 is 5.89. The Kier molecular flexibility index (Phi) is 9.44. The Morgan fingerprint density at radius 3 is 2.52 bits per heavy atom. The number of nitrogens with zero attached hydrogens (tertiary/aromatic N) is 2. The molecule has 1 saturated heterocycles. The van der Waals surface area contributed by atoms with Crippen LogP contribution in [0.3, 0.4) is 0 Å². The summed E-state index contributed by atoms with van der Waals surface area (Å²) in [5.41, 5.74) is 0.801. The van der Waals surface area contributed by atoms with Crippen molar-refractivity contribution >= 4 is 40.8 Å². The van der Waals surface area contributed by atoms with Gasteiger partial charge in [0.05, 0.1) is 29.3 Å². The number of halogens is 2. The predicted molar refractivity (Wildman–Crippen MR) is 148 cm³/mol. The molecule has 3 aromatic rings. The molecule has 1 fully saturated rings. The SMILES string of the molecule is CCOC(=O)COc1ccc(NC(=O)c2ccc(C(=N)N3CCCC3)cc2F)c(C(=O)Cc2ccc(Cl)cn2)c1. The van der Waals surface area contributed by atoms with E-state index < -0.39 is 23.5 Å². The molecule has 1 amide bonds. The molecular formula is C29H28ClFN4O5. The van der Waals surface area contributed by atoms with Gasteiger partial charge in [0.15, 0.2) is 12.4 Å². The normalized spacial score (nSPS) is 12.6. The number of amidine groups is 1. The number of carbonyl (C=O) groups is 3. The van der Waals surface area contributed by atoms with Crippen LogP contribution in [0.1, 0.15) is 51.7 Å². The number of hydrogen-bond acceptors (Lipinski definition) is 7. The summed E-state index contributed by atoms with van der Waals surface area (Å²) < 4.78 is 25.3. The van der Waals surface area contributed by atoms with Crippen molar-refractivity contribution in [2.75, 3.05) is 31.6 Å². The van der Waals surface area contributed by atoms with Gasteiger partial charge in [-0.15, -0.1) is 0 Å². The molecule has 40 heavy (non-hydrogen) atoms. The van der Waals surface area contributed by atoms with Crippen molar-refractivity contribution in [3.63, 3.8) is 0 Å². The third-order valence-corrected chi connectivity index (χ3v) is 6.46. The number of pyridine rings is 1. The highest BCUT2D eigenvalue weighted by Crippen LogP contribution is 2.26. The number of amides is 1. The van der Waals surface area contributed by atoms with Crippen LogP contribution in [0.15, 0.2) is 54.7 Å². The minimum atomic E-state index is -0.786. The van der Waals surface area contributed by atoms with Crippen molar-refractivity contribution in [1.82, 2.24) is 9.88 Å². The molecule has 0 atom stereocenters. The van der Waals surface area contributed by atoms with Gasteiger partial charge in [-0.05, 0) is 62.2 Å². The van der Waals surface area contributed by atoms with E-state index in [0.717, 1.165) is 25.9 Å². The van der Waals surface area contributed by atoms with Crippen LogP contribution < -0.4 is 10.1 Å². The van der Waals surface area contributed by atoms with Gasteiger partial charge in [-0.1, -0.05) is 17.7 Å². The number of nitrogens with one attached hydrogen (secondary N) is 2. The number of likely N-dealkylation sites (tertiary alicyclic amines) is 1. The summed E-state index contributed by atoms with van der Waals surface area (Å²) in [4.78, 5) is 44.1. The molecule has 1 aromatic heterocycles. The highest BCUT2D eigenvalue weighted by molar-refractivity contribution is 6.30. The fraction of sp³-hybridized carbons (Fsp3) is 0.276. The van der Waals surface area contributed by atoms with Crippen LogP contribution in [0.25, 0.3) is 0 Å². The van der Waals surface area contributed by atoms with Crippen molar-refractivity contribution in [2.45, 2.75) is 26.2 Å². The van der Waals surface area contributed by atoms with Crippen molar-refractivity contribution in [3.8, 4) is 5.75 Å². The molecule has 208 valence electrons. The van der Waals surface area contributed by atoms with Crippen molar-refractivity contribution in [3.05, 3.63) is 88.0 Å². The molecule has 11 heteroatoms. The number of esters is 1. The number of ketones is 1. The number of aromatic nitrogens is 1. The van der Waals surface area contributed by atoms with E-state index in [1.54, 1.807) is 19.1 Å². The number of ether oxygens (including phenoxy) is 2. The molecule has 2 heterocycles. The molecule has 0 unspecified atom stereocenters. The summed E-state index contributed by atoms with van der Waals surface area (Å²) in [6.07, 6.45) is 3.27. The maximum absolute atomic E-state index is 15.0. The molecule has 4 rings (SSSR count). The van der Waals surface area contributed by atoms with Crippen LogP contribution in [-0.4, -0.2) is 59.7 Å². The number of rotatable bonds is 10. The second-order valence-electron chi connectivity index (χ2n) is 9.06. The smallest absolute Gasteiger partial charge is 0.344 e. The first-order chi connectivity index (χ1) is 19.2. The minimum Gasteiger partial charge on any atom is -0.482 e. The zero-order valence-corrected chi connectivity index (χ0v) is 22.6. The fourth-order valence-electron chi connectivity index (χ4n) is 4.23. The van der Waals surface area contributed by atoms with Crippen LogP contribution in [0.2, 0.25) is 5.02 Å². The average Bonchev–Trinajstić information content (AvgIpc) is 3.48. The molecule has 0 radical (unpaired) electrons. The summed E-state index contributed by atoms with van der Waals surface area (Å²) in [6.45, 7) is 2.98. The largest absolute Gasteiger partial charge is 0.482 e. The van der Waals surface area contributed by atoms with E-state index in [-0.39, 0.29) is 48.0 Å². The summed E-state index contributed by atoms with van der Waals surface area (Å²) in [5, 5.41) is 11.4. The van der Waals surface area contributed by atoms with E-state index in [4.69, 9.17) is 26.5 Å². The predicted octanol–water partition coefficient (Wildman–Crippen LogP) is 4.91. The zero-order valence-electron chi connectivity index (χ0n) is 21.8. The van der Waals surface area contributed by atoms with Gasteiger partial charge in [0.25, 0.3) is 5.91 Å². The van der Waals surface area contributed by atoms with Crippen molar-refractivity contribution in [1.29, 1.82) is 5.41 Å². The van der Waals surface area contributed by atoms with E-state index in [1.807, 2.05) is 4.90 Å². The number of carbonyl (C=O) groups excluding carboxylic acids is 3. The number of hydrogen-bond donors (Lipinski definition) is 2. The Balaban J connectivity index is 1.56. The first-order valence-corrected chi connectivity index (χ1v) is 13.1. The molecule has 1 aliphatic heterocycles. The second kappa shape index (κ2) is 13.2. The first kappa shape index (κ1) is 28.7. The Morgan fingerprint density at radius 1 is 1.07 bits per heavy atom. The maximum atomic E-state index is 15.0. The highest BCUT2D eigenvalue weighted by atomic mass is 35.5. The van der Waals surface area contributed by atoms with Crippen molar-refractivity contribution in [2.24, 2.45) is 0 Å². The van der Waals surface area contributed by atoms with E-state index in [0.29, 0.717) is 16.3 Å². The zero-order chi connectivity index (χ0) is 28.6. The summed E-state index contributed by atoms with van der Waals surface area (Å²) in [5.74, 6) is -2.11. The third-order valence-electron chi connectivity index (χ3n) is 6.24. The van der Waals surface area contributed by atoms with Gasteiger partial charge in [0, 0.05) is 36.1 Å². The van der Waals surface area contributed by atoms with E-state index in [9.17, 15) is 14.4 Å². The topological polar surface area (TPSA) is 122 Å². The number of Topliss-reactive ketones (excluding diaryl/α,β-unsaturated/α-hetero) is 1. The van der Waals surface area contributed by atoms with Crippen LogP contribution in [-0.2, 0) is 16.0 Å². The molecule has 2 aromatic carbocycles. The Labute approximate surface area is 235 Å². The monoisotopic (exact) mass is 566 g/mol. The van der Waals surface area contributed by atoms with Crippen LogP contribution >= 0.6 is 11.6 Å².